The van der Waals surface area contributed by atoms with Crippen molar-refractivity contribution in [2.75, 3.05) is 46.0 Å². The standard InChI is InChI=1S/C20H30N2O4/c23-14-18-6-2-1-5-17(18)13-21-8-10-22(11-9-21)20(24)16-25-15-19-7-3-4-12-26-19/h1-2,5-6,19,23H,3-4,7-16H2/t19-/m0/s1. The Balaban J connectivity index is 1.36. The highest BCUT2D eigenvalue weighted by Gasteiger charge is 2.22. The molecule has 2 aliphatic heterocycles. The zero-order valence-electron chi connectivity index (χ0n) is 15.4. The molecule has 1 atom stereocenters. The highest BCUT2D eigenvalue weighted by Crippen LogP contribution is 2.14. The normalized spacial score (nSPS) is 21.7. The Kier molecular flexibility index (Phi) is 7.43. The Morgan fingerprint density at radius 2 is 1.92 bits per heavy atom. The molecule has 6 heteroatoms. The average molecular weight is 362 g/mol. The third-order valence-corrected chi connectivity index (χ3v) is 5.21. The van der Waals surface area contributed by atoms with Gasteiger partial charge in [0.2, 0.25) is 5.91 Å². The molecule has 0 saturated carbocycles. The Bertz CT molecular complexity index is 567. The van der Waals surface area contributed by atoms with Crippen molar-refractivity contribution in [3.05, 3.63) is 35.4 Å². The van der Waals surface area contributed by atoms with E-state index in [2.05, 4.69) is 11.0 Å². The van der Waals surface area contributed by atoms with Gasteiger partial charge in [-0.2, -0.15) is 0 Å². The molecule has 0 bridgehead atoms. The Morgan fingerprint density at radius 1 is 1.15 bits per heavy atom. The lowest BCUT2D eigenvalue weighted by atomic mass is 10.1. The molecular weight excluding hydrogens is 332 g/mol. The van der Waals surface area contributed by atoms with Crippen molar-refractivity contribution < 1.29 is 19.4 Å². The summed E-state index contributed by atoms with van der Waals surface area (Å²) in [6.45, 7) is 5.49. The number of hydrogen-bond donors (Lipinski definition) is 1. The van der Waals surface area contributed by atoms with Crippen LogP contribution in [-0.2, 0) is 27.4 Å². The van der Waals surface area contributed by atoms with E-state index in [-0.39, 0.29) is 25.2 Å². The van der Waals surface area contributed by atoms with Crippen LogP contribution in [0.5, 0.6) is 0 Å². The quantitative estimate of drug-likeness (QED) is 0.795. The van der Waals surface area contributed by atoms with Gasteiger partial charge in [-0.15, -0.1) is 0 Å². The lowest BCUT2D eigenvalue weighted by Gasteiger charge is -2.35. The fraction of sp³-hybridized carbons (Fsp3) is 0.650. The van der Waals surface area contributed by atoms with Gasteiger partial charge >= 0.3 is 0 Å². The van der Waals surface area contributed by atoms with Crippen LogP contribution in [-0.4, -0.2) is 72.9 Å². The van der Waals surface area contributed by atoms with E-state index >= 15 is 0 Å². The predicted octanol–water partition coefficient (Wildman–Crippen LogP) is 1.41. The first-order valence-corrected chi connectivity index (χ1v) is 9.63. The van der Waals surface area contributed by atoms with Crippen LogP contribution in [0.2, 0.25) is 0 Å². The molecule has 6 nitrogen and oxygen atoms in total. The molecular formula is C20H30N2O4. The summed E-state index contributed by atoms with van der Waals surface area (Å²) in [7, 11) is 0. The predicted molar refractivity (Wildman–Crippen MR) is 98.6 cm³/mol. The summed E-state index contributed by atoms with van der Waals surface area (Å²) in [5.74, 6) is 0.0659. The van der Waals surface area contributed by atoms with Gasteiger partial charge in [-0.25, -0.2) is 0 Å². The van der Waals surface area contributed by atoms with E-state index in [1.54, 1.807) is 0 Å². The number of piperazine rings is 1. The molecule has 1 aromatic rings. The summed E-state index contributed by atoms with van der Waals surface area (Å²) >= 11 is 0. The number of benzene rings is 1. The molecule has 0 aliphatic carbocycles. The van der Waals surface area contributed by atoms with Gasteiger partial charge in [-0.1, -0.05) is 24.3 Å². The Labute approximate surface area is 155 Å². The first kappa shape index (κ1) is 19.3. The van der Waals surface area contributed by atoms with E-state index in [1.165, 1.54) is 6.42 Å². The maximum absolute atomic E-state index is 12.3. The Hall–Kier alpha value is -1.47. The molecule has 1 N–H and O–H groups in total. The highest BCUT2D eigenvalue weighted by molar-refractivity contribution is 5.77. The van der Waals surface area contributed by atoms with Gasteiger partial charge < -0.3 is 19.5 Å². The zero-order chi connectivity index (χ0) is 18.2. The SMILES string of the molecule is O=C(COC[C@@H]1CCCCO1)N1CCN(Cc2ccccc2CO)CC1. The third-order valence-electron chi connectivity index (χ3n) is 5.21. The second-order valence-corrected chi connectivity index (χ2v) is 7.09. The molecule has 0 aromatic heterocycles. The minimum Gasteiger partial charge on any atom is -0.392 e. The molecule has 1 aromatic carbocycles. The average Bonchev–Trinajstić information content (AvgIpc) is 2.70. The van der Waals surface area contributed by atoms with E-state index in [0.717, 1.165) is 63.3 Å². The smallest absolute Gasteiger partial charge is 0.248 e. The van der Waals surface area contributed by atoms with Crippen molar-refractivity contribution in [2.24, 2.45) is 0 Å². The van der Waals surface area contributed by atoms with E-state index in [9.17, 15) is 9.90 Å². The molecule has 1 amide bonds. The van der Waals surface area contributed by atoms with Crippen LogP contribution in [0.4, 0.5) is 0 Å². The van der Waals surface area contributed by atoms with Crippen LogP contribution in [0.25, 0.3) is 0 Å². The summed E-state index contributed by atoms with van der Waals surface area (Å²) < 4.78 is 11.2. The minimum atomic E-state index is 0.0659. The second-order valence-electron chi connectivity index (χ2n) is 7.09. The van der Waals surface area contributed by atoms with Crippen LogP contribution in [0.15, 0.2) is 24.3 Å². The maximum atomic E-state index is 12.3. The van der Waals surface area contributed by atoms with E-state index in [1.807, 2.05) is 23.1 Å². The molecule has 0 spiro atoms. The van der Waals surface area contributed by atoms with Crippen molar-refractivity contribution in [3.8, 4) is 0 Å². The number of amides is 1. The monoisotopic (exact) mass is 362 g/mol. The minimum absolute atomic E-state index is 0.0659. The van der Waals surface area contributed by atoms with Crippen LogP contribution >= 0.6 is 0 Å². The number of aliphatic hydroxyl groups is 1. The zero-order valence-corrected chi connectivity index (χ0v) is 15.4. The first-order valence-electron chi connectivity index (χ1n) is 9.63. The number of hydrogen-bond acceptors (Lipinski definition) is 5. The maximum Gasteiger partial charge on any atom is 0.248 e. The molecule has 2 fully saturated rings. The summed E-state index contributed by atoms with van der Waals surface area (Å²) in [6.07, 6.45) is 3.49. The van der Waals surface area contributed by atoms with Crippen molar-refractivity contribution in [3.63, 3.8) is 0 Å². The summed E-state index contributed by atoms with van der Waals surface area (Å²) in [5.41, 5.74) is 2.13. The lowest BCUT2D eigenvalue weighted by molar-refractivity contribution is -0.140. The Morgan fingerprint density at radius 3 is 2.62 bits per heavy atom. The van der Waals surface area contributed by atoms with E-state index in [4.69, 9.17) is 9.47 Å². The molecule has 0 radical (unpaired) electrons. The fourth-order valence-electron chi connectivity index (χ4n) is 3.57. The number of ether oxygens (including phenoxy) is 2. The van der Waals surface area contributed by atoms with Gasteiger partial charge in [0.05, 0.1) is 19.3 Å². The lowest BCUT2D eigenvalue weighted by Crippen LogP contribution is -2.49. The number of rotatable bonds is 7. The van der Waals surface area contributed by atoms with Gasteiger partial charge in [-0.3, -0.25) is 9.69 Å². The van der Waals surface area contributed by atoms with E-state index in [0.29, 0.717) is 6.61 Å². The first-order chi connectivity index (χ1) is 12.8. The highest BCUT2D eigenvalue weighted by atomic mass is 16.5. The molecule has 3 rings (SSSR count). The van der Waals surface area contributed by atoms with Gasteiger partial charge in [0.15, 0.2) is 0 Å². The number of aliphatic hydroxyl groups excluding tert-OH is 1. The van der Waals surface area contributed by atoms with Crippen LogP contribution < -0.4 is 0 Å². The molecule has 144 valence electrons. The topological polar surface area (TPSA) is 62.2 Å². The van der Waals surface area contributed by atoms with Crippen LogP contribution in [0.3, 0.4) is 0 Å². The summed E-state index contributed by atoms with van der Waals surface area (Å²) in [5, 5.41) is 9.45. The van der Waals surface area contributed by atoms with Crippen molar-refractivity contribution >= 4 is 5.91 Å². The molecule has 26 heavy (non-hydrogen) atoms. The van der Waals surface area contributed by atoms with Crippen LogP contribution in [0, 0.1) is 0 Å². The molecule has 2 heterocycles. The number of carbonyl (C=O) groups excluding carboxylic acids is 1. The van der Waals surface area contributed by atoms with Crippen molar-refractivity contribution in [1.29, 1.82) is 0 Å². The van der Waals surface area contributed by atoms with Crippen molar-refractivity contribution in [2.45, 2.75) is 38.5 Å². The van der Waals surface area contributed by atoms with Gasteiger partial charge in [0.25, 0.3) is 0 Å². The molecule has 2 saturated heterocycles. The van der Waals surface area contributed by atoms with E-state index < -0.39 is 0 Å². The van der Waals surface area contributed by atoms with Crippen LogP contribution in [0.1, 0.15) is 30.4 Å². The third kappa shape index (κ3) is 5.51. The number of nitrogens with zero attached hydrogens (tertiary/aromatic N) is 2. The van der Waals surface area contributed by atoms with Gasteiger partial charge in [-0.05, 0) is 30.4 Å². The summed E-state index contributed by atoms with van der Waals surface area (Å²) in [6, 6.07) is 7.97. The summed E-state index contributed by atoms with van der Waals surface area (Å²) in [4.78, 5) is 16.5. The second kappa shape index (κ2) is 10.0. The van der Waals surface area contributed by atoms with Gasteiger partial charge in [0, 0.05) is 39.3 Å². The molecule has 2 aliphatic rings. The number of carbonyl (C=O) groups is 1. The van der Waals surface area contributed by atoms with Crippen molar-refractivity contribution in [1.82, 2.24) is 9.80 Å². The van der Waals surface area contributed by atoms with Gasteiger partial charge in [0.1, 0.15) is 6.61 Å². The largest absolute Gasteiger partial charge is 0.392 e. The fourth-order valence-corrected chi connectivity index (χ4v) is 3.57. The molecule has 0 unspecified atom stereocenters.